The smallest absolute Gasteiger partial charge is 0.115 e. The van der Waals surface area contributed by atoms with E-state index in [1.165, 1.54) is 16.1 Å². The monoisotopic (exact) mass is 287 g/mol. The van der Waals surface area contributed by atoms with E-state index in [9.17, 15) is 0 Å². The van der Waals surface area contributed by atoms with Crippen molar-refractivity contribution in [2.75, 3.05) is 26.2 Å². The normalized spacial score (nSPS) is 18.1. The third kappa shape index (κ3) is 2.77. The minimum Gasteiger partial charge on any atom is -0.314 e. The van der Waals surface area contributed by atoms with Crippen molar-refractivity contribution < 1.29 is 0 Å². The Labute approximate surface area is 124 Å². The number of nitrogens with zero attached hydrogens (tertiary/aromatic N) is 2. The van der Waals surface area contributed by atoms with Gasteiger partial charge in [-0.25, -0.2) is 4.98 Å². The summed E-state index contributed by atoms with van der Waals surface area (Å²) in [7, 11) is 0. The van der Waals surface area contributed by atoms with Crippen LogP contribution in [0.4, 0.5) is 0 Å². The lowest BCUT2D eigenvalue weighted by molar-refractivity contribution is 0.197. The summed E-state index contributed by atoms with van der Waals surface area (Å²) in [6.45, 7) is 8.56. The third-order valence-electron chi connectivity index (χ3n) is 3.87. The Morgan fingerprint density at radius 2 is 1.95 bits per heavy atom. The van der Waals surface area contributed by atoms with Crippen molar-refractivity contribution in [3.8, 4) is 0 Å². The first-order chi connectivity index (χ1) is 9.75. The van der Waals surface area contributed by atoms with Gasteiger partial charge in [0, 0.05) is 37.3 Å². The van der Waals surface area contributed by atoms with Crippen molar-refractivity contribution in [1.82, 2.24) is 15.2 Å². The number of piperazine rings is 1. The lowest BCUT2D eigenvalue weighted by Gasteiger charge is -2.34. The Bertz CT molecular complexity index is 573. The fourth-order valence-electron chi connectivity index (χ4n) is 2.82. The minimum atomic E-state index is 0.303. The molecule has 1 aromatic heterocycles. The summed E-state index contributed by atoms with van der Waals surface area (Å²) in [6.07, 6.45) is 0. The maximum Gasteiger partial charge on any atom is 0.115 e. The van der Waals surface area contributed by atoms with E-state index in [1.807, 2.05) is 0 Å². The second kappa shape index (κ2) is 6.04. The first kappa shape index (κ1) is 13.7. The zero-order valence-electron chi connectivity index (χ0n) is 12.1. The molecule has 1 N–H and O–H groups in total. The Morgan fingerprint density at radius 1 is 1.20 bits per heavy atom. The predicted molar refractivity (Wildman–Crippen MR) is 84.3 cm³/mol. The molecule has 3 rings (SSSR count). The molecule has 2 aromatic rings. The summed E-state index contributed by atoms with van der Waals surface area (Å²) in [5.74, 6) is 0. The second-order valence-electron chi connectivity index (χ2n) is 5.37. The highest BCUT2D eigenvalue weighted by atomic mass is 32.1. The number of aromatic nitrogens is 1. The van der Waals surface area contributed by atoms with Crippen molar-refractivity contribution in [1.29, 1.82) is 0 Å². The van der Waals surface area contributed by atoms with Gasteiger partial charge < -0.3 is 5.32 Å². The van der Waals surface area contributed by atoms with E-state index in [-0.39, 0.29) is 0 Å². The standard InChI is InChI=1S/C16H21N3S/c1-12-5-3-4-6-14(12)15(16-18-13(2)11-20-16)19-9-7-17-8-10-19/h3-6,11,15,17H,7-10H2,1-2H3. The molecule has 1 fully saturated rings. The van der Waals surface area contributed by atoms with Crippen molar-refractivity contribution in [3.63, 3.8) is 0 Å². The molecule has 0 bridgehead atoms. The largest absolute Gasteiger partial charge is 0.314 e. The summed E-state index contributed by atoms with van der Waals surface area (Å²) in [4.78, 5) is 7.31. The molecule has 1 aliphatic rings. The summed E-state index contributed by atoms with van der Waals surface area (Å²) >= 11 is 1.78. The van der Waals surface area contributed by atoms with E-state index in [4.69, 9.17) is 4.98 Å². The molecule has 1 unspecified atom stereocenters. The van der Waals surface area contributed by atoms with Crippen molar-refractivity contribution in [2.24, 2.45) is 0 Å². The SMILES string of the molecule is Cc1csc(C(c2ccccc2C)N2CCNCC2)n1. The van der Waals surface area contributed by atoms with Crippen LogP contribution in [-0.4, -0.2) is 36.1 Å². The van der Waals surface area contributed by atoms with Crippen LogP contribution in [0.25, 0.3) is 0 Å². The van der Waals surface area contributed by atoms with Gasteiger partial charge in [-0.15, -0.1) is 11.3 Å². The molecule has 20 heavy (non-hydrogen) atoms. The Hall–Kier alpha value is -1.23. The molecule has 1 atom stereocenters. The summed E-state index contributed by atoms with van der Waals surface area (Å²) in [5, 5.41) is 6.81. The van der Waals surface area contributed by atoms with Crippen LogP contribution in [0.5, 0.6) is 0 Å². The van der Waals surface area contributed by atoms with Crippen molar-refractivity contribution in [2.45, 2.75) is 19.9 Å². The number of hydrogen-bond acceptors (Lipinski definition) is 4. The van der Waals surface area contributed by atoms with Gasteiger partial charge in [-0.2, -0.15) is 0 Å². The molecule has 1 aromatic carbocycles. The van der Waals surface area contributed by atoms with Gasteiger partial charge in [-0.3, -0.25) is 4.90 Å². The van der Waals surface area contributed by atoms with Crippen LogP contribution in [0, 0.1) is 13.8 Å². The van der Waals surface area contributed by atoms with Crippen molar-refractivity contribution in [3.05, 3.63) is 51.5 Å². The molecule has 0 aliphatic carbocycles. The molecule has 1 aliphatic heterocycles. The Morgan fingerprint density at radius 3 is 2.60 bits per heavy atom. The third-order valence-corrected chi connectivity index (χ3v) is 4.89. The van der Waals surface area contributed by atoms with Crippen LogP contribution < -0.4 is 5.32 Å². The molecule has 1 saturated heterocycles. The molecule has 3 nitrogen and oxygen atoms in total. The zero-order valence-corrected chi connectivity index (χ0v) is 12.9. The summed E-state index contributed by atoms with van der Waals surface area (Å²) in [5.41, 5.74) is 3.87. The maximum atomic E-state index is 4.76. The van der Waals surface area contributed by atoms with Gasteiger partial charge in [-0.1, -0.05) is 24.3 Å². The number of nitrogens with one attached hydrogen (secondary N) is 1. The van der Waals surface area contributed by atoms with Crippen molar-refractivity contribution >= 4 is 11.3 Å². The van der Waals surface area contributed by atoms with Crippen LogP contribution in [-0.2, 0) is 0 Å². The number of hydrogen-bond donors (Lipinski definition) is 1. The fraction of sp³-hybridized carbons (Fsp3) is 0.438. The van der Waals surface area contributed by atoms with E-state index in [2.05, 4.69) is 53.7 Å². The number of thiazole rings is 1. The first-order valence-corrected chi connectivity index (χ1v) is 8.06. The number of aryl methyl sites for hydroxylation is 2. The number of rotatable bonds is 3. The quantitative estimate of drug-likeness (QED) is 0.941. The zero-order chi connectivity index (χ0) is 13.9. The molecular formula is C16H21N3S. The average Bonchev–Trinajstić information content (AvgIpc) is 2.89. The van der Waals surface area contributed by atoms with Crippen LogP contribution in [0.15, 0.2) is 29.6 Å². The maximum absolute atomic E-state index is 4.76. The lowest BCUT2D eigenvalue weighted by atomic mass is 10.00. The van der Waals surface area contributed by atoms with E-state index >= 15 is 0 Å². The summed E-state index contributed by atoms with van der Waals surface area (Å²) in [6, 6.07) is 9.00. The Balaban J connectivity index is 2.01. The minimum absolute atomic E-state index is 0.303. The van der Waals surface area contributed by atoms with Gasteiger partial charge in [0.05, 0.1) is 6.04 Å². The van der Waals surface area contributed by atoms with Crippen LogP contribution in [0.2, 0.25) is 0 Å². The number of benzene rings is 1. The van der Waals surface area contributed by atoms with E-state index < -0.39 is 0 Å². The highest BCUT2D eigenvalue weighted by Crippen LogP contribution is 2.32. The molecule has 0 spiro atoms. The molecular weight excluding hydrogens is 266 g/mol. The van der Waals surface area contributed by atoms with Crippen LogP contribution in [0.1, 0.15) is 27.9 Å². The molecule has 0 radical (unpaired) electrons. The van der Waals surface area contributed by atoms with Crippen LogP contribution in [0.3, 0.4) is 0 Å². The van der Waals surface area contributed by atoms with Gasteiger partial charge in [0.25, 0.3) is 0 Å². The summed E-state index contributed by atoms with van der Waals surface area (Å²) < 4.78 is 0. The van der Waals surface area contributed by atoms with Gasteiger partial charge in [-0.05, 0) is 25.0 Å². The molecule has 0 saturated carbocycles. The van der Waals surface area contributed by atoms with Gasteiger partial charge >= 0.3 is 0 Å². The first-order valence-electron chi connectivity index (χ1n) is 7.18. The lowest BCUT2D eigenvalue weighted by Crippen LogP contribution is -2.45. The molecule has 2 heterocycles. The fourth-order valence-corrected chi connectivity index (χ4v) is 3.76. The van der Waals surface area contributed by atoms with E-state index in [1.54, 1.807) is 11.3 Å². The van der Waals surface area contributed by atoms with E-state index in [0.717, 1.165) is 31.9 Å². The molecule has 4 heteroatoms. The second-order valence-corrected chi connectivity index (χ2v) is 6.26. The topological polar surface area (TPSA) is 28.2 Å². The predicted octanol–water partition coefficient (Wildman–Crippen LogP) is 2.75. The molecule has 0 amide bonds. The highest BCUT2D eigenvalue weighted by Gasteiger charge is 2.27. The van der Waals surface area contributed by atoms with Crippen LogP contribution >= 0.6 is 11.3 Å². The highest BCUT2D eigenvalue weighted by molar-refractivity contribution is 7.09. The average molecular weight is 287 g/mol. The van der Waals surface area contributed by atoms with E-state index in [0.29, 0.717) is 6.04 Å². The Kier molecular flexibility index (Phi) is 4.15. The van der Waals surface area contributed by atoms with Gasteiger partial charge in [0.1, 0.15) is 5.01 Å². The van der Waals surface area contributed by atoms with Gasteiger partial charge in [0.15, 0.2) is 0 Å². The molecule has 106 valence electrons. The van der Waals surface area contributed by atoms with Gasteiger partial charge in [0.2, 0.25) is 0 Å².